The van der Waals surface area contributed by atoms with E-state index in [4.69, 9.17) is 11.6 Å². The summed E-state index contributed by atoms with van der Waals surface area (Å²) in [4.78, 5) is 10.1. The van der Waals surface area contributed by atoms with E-state index in [-0.39, 0.29) is 11.1 Å². The van der Waals surface area contributed by atoms with Gasteiger partial charge in [-0.1, -0.05) is 32.4 Å². The second kappa shape index (κ2) is 3.58. The highest BCUT2D eigenvalue weighted by Gasteiger charge is 2.18. The van der Waals surface area contributed by atoms with E-state index in [0.29, 0.717) is 5.02 Å². The number of hydrogen-bond donors (Lipinski definition) is 0. The average molecular weight is 214 g/mol. The van der Waals surface area contributed by atoms with Crippen molar-refractivity contribution in [1.82, 2.24) is 0 Å². The molecule has 0 aliphatic carbocycles. The molecule has 0 radical (unpaired) electrons. The van der Waals surface area contributed by atoms with Crippen molar-refractivity contribution in [3.63, 3.8) is 0 Å². The van der Waals surface area contributed by atoms with Crippen molar-refractivity contribution in [2.24, 2.45) is 0 Å². The van der Waals surface area contributed by atoms with Gasteiger partial charge in [0.1, 0.15) is 0 Å². The molecule has 0 bridgehead atoms. The molecule has 0 N–H and O–H groups in total. The van der Waals surface area contributed by atoms with Crippen LogP contribution in [0.1, 0.15) is 26.3 Å². The number of benzene rings is 1. The Kier molecular flexibility index (Phi) is 2.81. The highest BCUT2D eigenvalue weighted by atomic mass is 35.5. The van der Waals surface area contributed by atoms with Crippen LogP contribution in [0.5, 0.6) is 0 Å². The van der Waals surface area contributed by atoms with Crippen LogP contribution in [0.3, 0.4) is 0 Å². The standard InChI is InChI=1S/C10H12ClNO2/c1-10(2,3)7-4-8(11)6-9(5-7)12(13)14/h4-6H,1-3H3. The van der Waals surface area contributed by atoms with Gasteiger partial charge in [0.2, 0.25) is 0 Å². The van der Waals surface area contributed by atoms with Crippen LogP contribution in [-0.2, 0) is 5.41 Å². The molecule has 0 spiro atoms. The zero-order valence-electron chi connectivity index (χ0n) is 8.37. The molecule has 0 aliphatic heterocycles. The maximum Gasteiger partial charge on any atom is 0.271 e. The summed E-state index contributed by atoms with van der Waals surface area (Å²) in [6.07, 6.45) is 0. The molecule has 1 aromatic carbocycles. The lowest BCUT2D eigenvalue weighted by atomic mass is 9.87. The van der Waals surface area contributed by atoms with E-state index in [1.807, 2.05) is 20.8 Å². The van der Waals surface area contributed by atoms with Crippen LogP contribution in [0, 0.1) is 10.1 Å². The summed E-state index contributed by atoms with van der Waals surface area (Å²) in [5.41, 5.74) is 0.787. The van der Waals surface area contributed by atoms with Crippen molar-refractivity contribution in [2.45, 2.75) is 26.2 Å². The minimum Gasteiger partial charge on any atom is -0.258 e. The van der Waals surface area contributed by atoms with Crippen LogP contribution < -0.4 is 0 Å². The van der Waals surface area contributed by atoms with Gasteiger partial charge in [-0.15, -0.1) is 0 Å². The van der Waals surface area contributed by atoms with E-state index in [1.54, 1.807) is 12.1 Å². The van der Waals surface area contributed by atoms with Crippen molar-refractivity contribution in [3.8, 4) is 0 Å². The summed E-state index contributed by atoms with van der Waals surface area (Å²) < 4.78 is 0. The van der Waals surface area contributed by atoms with E-state index < -0.39 is 4.92 Å². The summed E-state index contributed by atoms with van der Waals surface area (Å²) >= 11 is 5.80. The summed E-state index contributed by atoms with van der Waals surface area (Å²) in [7, 11) is 0. The van der Waals surface area contributed by atoms with Gasteiger partial charge in [0, 0.05) is 17.2 Å². The van der Waals surface area contributed by atoms with E-state index >= 15 is 0 Å². The average Bonchev–Trinajstić information content (AvgIpc) is 2.01. The van der Waals surface area contributed by atoms with Gasteiger partial charge < -0.3 is 0 Å². The normalized spacial score (nSPS) is 11.4. The van der Waals surface area contributed by atoms with E-state index in [9.17, 15) is 10.1 Å². The summed E-state index contributed by atoms with van der Waals surface area (Å²) in [5.74, 6) is 0. The summed E-state index contributed by atoms with van der Waals surface area (Å²) in [6.45, 7) is 5.97. The Balaban J connectivity index is 3.28. The molecule has 1 rings (SSSR count). The van der Waals surface area contributed by atoms with E-state index in [0.717, 1.165) is 5.56 Å². The van der Waals surface area contributed by atoms with Crippen molar-refractivity contribution in [1.29, 1.82) is 0 Å². The first kappa shape index (κ1) is 11.0. The second-order valence-corrected chi connectivity index (χ2v) is 4.64. The molecule has 3 nitrogen and oxygen atoms in total. The molecule has 0 aliphatic rings. The number of halogens is 1. The Bertz CT molecular complexity index is 369. The molecule has 0 unspecified atom stereocenters. The molecule has 0 atom stereocenters. The first-order chi connectivity index (χ1) is 6.30. The fourth-order valence-corrected chi connectivity index (χ4v) is 1.34. The lowest BCUT2D eigenvalue weighted by Gasteiger charge is -2.18. The van der Waals surface area contributed by atoms with Crippen LogP contribution in [-0.4, -0.2) is 4.92 Å². The minimum absolute atomic E-state index is 0.0439. The fraction of sp³-hybridized carbons (Fsp3) is 0.400. The SMILES string of the molecule is CC(C)(C)c1cc(Cl)cc([N+](=O)[O-])c1. The van der Waals surface area contributed by atoms with Gasteiger partial charge in [-0.3, -0.25) is 10.1 Å². The molecule has 0 fully saturated rings. The van der Waals surface area contributed by atoms with Crippen molar-refractivity contribution >= 4 is 17.3 Å². The quantitative estimate of drug-likeness (QED) is 0.529. The molecule has 1 aromatic rings. The molecule has 4 heteroatoms. The molecule has 0 saturated heterocycles. The molecule has 0 amide bonds. The van der Waals surface area contributed by atoms with Crippen molar-refractivity contribution in [2.75, 3.05) is 0 Å². The number of nitro benzene ring substituents is 1. The Morgan fingerprint density at radius 3 is 2.29 bits per heavy atom. The summed E-state index contributed by atoms with van der Waals surface area (Å²) in [5, 5.41) is 11.0. The summed E-state index contributed by atoms with van der Waals surface area (Å²) in [6, 6.07) is 4.68. The zero-order valence-corrected chi connectivity index (χ0v) is 9.13. The number of nitro groups is 1. The second-order valence-electron chi connectivity index (χ2n) is 4.21. The van der Waals surface area contributed by atoms with Gasteiger partial charge in [-0.2, -0.15) is 0 Å². The Labute approximate surface area is 87.8 Å². The number of non-ortho nitro benzene ring substituents is 1. The highest BCUT2D eigenvalue weighted by Crippen LogP contribution is 2.29. The Morgan fingerprint density at radius 1 is 1.29 bits per heavy atom. The van der Waals surface area contributed by atoms with Crippen molar-refractivity contribution < 1.29 is 4.92 Å². The number of hydrogen-bond acceptors (Lipinski definition) is 2. The maximum absolute atomic E-state index is 10.6. The molecule has 76 valence electrons. The number of nitrogens with zero attached hydrogens (tertiary/aromatic N) is 1. The lowest BCUT2D eigenvalue weighted by Crippen LogP contribution is -2.11. The van der Waals surface area contributed by atoms with Crippen LogP contribution in [0.4, 0.5) is 5.69 Å². The zero-order chi connectivity index (χ0) is 10.9. The van der Waals surface area contributed by atoms with E-state index in [2.05, 4.69) is 0 Å². The van der Waals surface area contributed by atoms with Crippen molar-refractivity contribution in [3.05, 3.63) is 38.9 Å². The van der Waals surface area contributed by atoms with Gasteiger partial charge >= 0.3 is 0 Å². The third-order valence-electron chi connectivity index (χ3n) is 1.96. The lowest BCUT2D eigenvalue weighted by molar-refractivity contribution is -0.384. The van der Waals surface area contributed by atoms with Gasteiger partial charge in [0.25, 0.3) is 5.69 Å². The van der Waals surface area contributed by atoms with Crippen LogP contribution in [0.15, 0.2) is 18.2 Å². The largest absolute Gasteiger partial charge is 0.271 e. The molecule has 14 heavy (non-hydrogen) atoms. The van der Waals surface area contributed by atoms with Gasteiger partial charge in [0.05, 0.1) is 4.92 Å². The minimum atomic E-state index is -0.429. The van der Waals surface area contributed by atoms with Crippen LogP contribution in [0.2, 0.25) is 5.02 Å². The third kappa shape index (κ3) is 2.45. The van der Waals surface area contributed by atoms with Gasteiger partial charge in [-0.25, -0.2) is 0 Å². The number of rotatable bonds is 1. The predicted octanol–water partition coefficient (Wildman–Crippen LogP) is 3.55. The third-order valence-corrected chi connectivity index (χ3v) is 2.18. The van der Waals surface area contributed by atoms with Gasteiger partial charge in [0.15, 0.2) is 0 Å². The van der Waals surface area contributed by atoms with E-state index in [1.165, 1.54) is 6.07 Å². The predicted molar refractivity (Wildman–Crippen MR) is 56.8 cm³/mol. The molecule has 0 saturated carbocycles. The smallest absolute Gasteiger partial charge is 0.258 e. The Morgan fingerprint density at radius 2 is 1.86 bits per heavy atom. The van der Waals surface area contributed by atoms with Crippen LogP contribution in [0.25, 0.3) is 0 Å². The Hall–Kier alpha value is -1.09. The van der Waals surface area contributed by atoms with Crippen LogP contribution >= 0.6 is 11.6 Å². The highest BCUT2D eigenvalue weighted by molar-refractivity contribution is 6.30. The monoisotopic (exact) mass is 213 g/mol. The topological polar surface area (TPSA) is 43.1 Å². The fourth-order valence-electron chi connectivity index (χ4n) is 1.11. The molecule has 0 aromatic heterocycles. The molecular formula is C10H12ClNO2. The maximum atomic E-state index is 10.6. The molecule has 0 heterocycles. The van der Waals surface area contributed by atoms with Gasteiger partial charge in [-0.05, 0) is 17.0 Å². The molecular weight excluding hydrogens is 202 g/mol. The first-order valence-electron chi connectivity index (χ1n) is 4.26. The first-order valence-corrected chi connectivity index (χ1v) is 4.64.